The average molecular weight is 270 g/mol. The molecule has 0 aromatic carbocycles. The highest BCUT2D eigenvalue weighted by atomic mass is 32.1. The lowest BCUT2D eigenvalue weighted by atomic mass is 10.1. The molecule has 1 aromatic rings. The van der Waals surface area contributed by atoms with Crippen LogP contribution in [0.2, 0.25) is 0 Å². The largest absolute Gasteiger partial charge is 0.340 e. The Bertz CT molecular complexity index is 407. The first-order valence-electron chi connectivity index (χ1n) is 6.74. The number of hydrogen-bond donors (Lipinski definition) is 1. The smallest absolute Gasteiger partial charge is 0.225 e. The van der Waals surface area contributed by atoms with Crippen LogP contribution in [0.3, 0.4) is 0 Å². The number of nitrogens with one attached hydrogen (secondary N) is 1. The Kier molecular flexibility index (Phi) is 5.38. The maximum Gasteiger partial charge on any atom is 0.225 e. The minimum Gasteiger partial charge on any atom is -0.340 e. The molecule has 0 aliphatic heterocycles. The Labute approximate surface area is 115 Å². The summed E-state index contributed by atoms with van der Waals surface area (Å²) in [7, 11) is 0. The van der Waals surface area contributed by atoms with E-state index in [4.69, 9.17) is 12.2 Å². The van der Waals surface area contributed by atoms with Crippen LogP contribution in [0.25, 0.3) is 0 Å². The SMILES string of the molecule is CC(C)CN(CC(C)C)c1n[nH]c(=S)n1C(C)C. The molecule has 0 unspecified atom stereocenters. The standard InChI is InChI=1S/C13H26N4S/c1-9(2)7-16(8-10(3)4)12-14-15-13(18)17(12)11(5)6/h9-11H,7-8H2,1-6H3,(H,15,18). The van der Waals surface area contributed by atoms with E-state index in [1.54, 1.807) is 0 Å². The zero-order chi connectivity index (χ0) is 13.9. The Morgan fingerprint density at radius 1 is 1.11 bits per heavy atom. The molecular formula is C13H26N4S. The minimum absolute atomic E-state index is 0.327. The van der Waals surface area contributed by atoms with Crippen LogP contribution in [0.1, 0.15) is 47.6 Å². The van der Waals surface area contributed by atoms with E-state index in [2.05, 4.69) is 61.2 Å². The highest BCUT2D eigenvalue weighted by molar-refractivity contribution is 7.71. The topological polar surface area (TPSA) is 36.9 Å². The van der Waals surface area contributed by atoms with Gasteiger partial charge < -0.3 is 4.90 Å². The minimum atomic E-state index is 0.327. The predicted molar refractivity (Wildman–Crippen MR) is 79.7 cm³/mol. The number of hydrogen-bond acceptors (Lipinski definition) is 3. The van der Waals surface area contributed by atoms with E-state index < -0.39 is 0 Å². The van der Waals surface area contributed by atoms with Gasteiger partial charge in [-0.3, -0.25) is 4.57 Å². The van der Waals surface area contributed by atoms with E-state index in [9.17, 15) is 0 Å². The maximum atomic E-state index is 5.31. The predicted octanol–water partition coefficient (Wildman–Crippen LogP) is 3.64. The monoisotopic (exact) mass is 270 g/mol. The molecule has 0 spiro atoms. The molecule has 4 nitrogen and oxygen atoms in total. The molecule has 0 amide bonds. The highest BCUT2D eigenvalue weighted by Crippen LogP contribution is 2.19. The fraction of sp³-hybridized carbons (Fsp3) is 0.846. The summed E-state index contributed by atoms with van der Waals surface area (Å²) in [5.74, 6) is 2.18. The van der Waals surface area contributed by atoms with E-state index in [0.717, 1.165) is 19.0 Å². The summed E-state index contributed by atoms with van der Waals surface area (Å²) in [5.41, 5.74) is 0. The van der Waals surface area contributed by atoms with Crippen LogP contribution in [0.15, 0.2) is 0 Å². The van der Waals surface area contributed by atoms with Gasteiger partial charge in [0, 0.05) is 19.1 Å². The molecule has 104 valence electrons. The lowest BCUT2D eigenvalue weighted by Gasteiger charge is -2.28. The summed E-state index contributed by atoms with van der Waals surface area (Å²) in [6.07, 6.45) is 0. The molecule has 1 aromatic heterocycles. The summed E-state index contributed by atoms with van der Waals surface area (Å²) in [5, 5.41) is 7.33. The molecule has 0 aliphatic carbocycles. The second kappa shape index (κ2) is 6.36. The molecular weight excluding hydrogens is 244 g/mol. The highest BCUT2D eigenvalue weighted by Gasteiger charge is 2.18. The van der Waals surface area contributed by atoms with E-state index >= 15 is 0 Å². The van der Waals surface area contributed by atoms with E-state index in [-0.39, 0.29) is 0 Å². The number of rotatable bonds is 6. The number of anilines is 1. The van der Waals surface area contributed by atoms with Gasteiger partial charge >= 0.3 is 0 Å². The van der Waals surface area contributed by atoms with Gasteiger partial charge in [0.05, 0.1) is 0 Å². The molecule has 1 heterocycles. The second-order valence-corrected chi connectivity index (χ2v) is 6.37. The summed E-state index contributed by atoms with van der Waals surface area (Å²) < 4.78 is 2.80. The van der Waals surface area contributed by atoms with Gasteiger partial charge in [0.2, 0.25) is 5.95 Å². The lowest BCUT2D eigenvalue weighted by Crippen LogP contribution is -2.34. The van der Waals surface area contributed by atoms with Crippen LogP contribution in [0.4, 0.5) is 5.95 Å². The third kappa shape index (κ3) is 3.83. The first-order valence-corrected chi connectivity index (χ1v) is 7.15. The molecule has 0 radical (unpaired) electrons. The number of aromatic nitrogens is 3. The molecule has 0 saturated carbocycles. The molecule has 0 bridgehead atoms. The normalized spacial score (nSPS) is 11.8. The van der Waals surface area contributed by atoms with Crippen LogP contribution in [-0.4, -0.2) is 27.9 Å². The van der Waals surface area contributed by atoms with Crippen LogP contribution in [-0.2, 0) is 0 Å². The molecule has 1 N–H and O–H groups in total. The van der Waals surface area contributed by atoms with Crippen molar-refractivity contribution in [2.75, 3.05) is 18.0 Å². The summed E-state index contributed by atoms with van der Waals surface area (Å²) in [6, 6.07) is 0.327. The molecule has 1 rings (SSSR count). The van der Waals surface area contributed by atoms with Crippen LogP contribution < -0.4 is 4.90 Å². The molecule has 0 atom stereocenters. The summed E-state index contributed by atoms with van der Waals surface area (Å²) >= 11 is 5.31. The summed E-state index contributed by atoms with van der Waals surface area (Å²) in [4.78, 5) is 2.33. The van der Waals surface area contributed by atoms with Gasteiger partial charge in [-0.05, 0) is 37.9 Å². The van der Waals surface area contributed by atoms with Crippen molar-refractivity contribution in [3.63, 3.8) is 0 Å². The fourth-order valence-corrected chi connectivity index (χ4v) is 2.44. The Hall–Kier alpha value is -0.840. The molecule has 0 fully saturated rings. The molecule has 0 aliphatic rings. The van der Waals surface area contributed by atoms with Crippen LogP contribution in [0, 0.1) is 16.6 Å². The first-order chi connectivity index (χ1) is 8.32. The van der Waals surface area contributed by atoms with Gasteiger partial charge in [0.1, 0.15) is 0 Å². The lowest BCUT2D eigenvalue weighted by molar-refractivity contribution is 0.516. The number of aromatic amines is 1. The second-order valence-electron chi connectivity index (χ2n) is 5.99. The number of H-pyrrole nitrogens is 1. The van der Waals surface area contributed by atoms with E-state index in [0.29, 0.717) is 22.6 Å². The first kappa shape index (κ1) is 15.2. The number of nitrogens with zero attached hydrogens (tertiary/aromatic N) is 3. The average Bonchev–Trinajstić information content (AvgIpc) is 2.57. The van der Waals surface area contributed by atoms with E-state index in [1.165, 1.54) is 0 Å². The van der Waals surface area contributed by atoms with Gasteiger partial charge in [-0.2, -0.15) is 0 Å². The van der Waals surface area contributed by atoms with Gasteiger partial charge in [-0.25, -0.2) is 5.10 Å². The maximum absolute atomic E-state index is 5.31. The van der Waals surface area contributed by atoms with Gasteiger partial charge in [-0.1, -0.05) is 27.7 Å². The van der Waals surface area contributed by atoms with Gasteiger partial charge in [0.15, 0.2) is 4.77 Å². The molecule has 18 heavy (non-hydrogen) atoms. The van der Waals surface area contributed by atoms with Crippen molar-refractivity contribution in [1.82, 2.24) is 14.8 Å². The van der Waals surface area contributed by atoms with Crippen molar-refractivity contribution < 1.29 is 0 Å². The quantitative estimate of drug-likeness (QED) is 0.802. The molecule has 5 heteroatoms. The van der Waals surface area contributed by atoms with Crippen molar-refractivity contribution in [2.24, 2.45) is 11.8 Å². The zero-order valence-corrected chi connectivity index (χ0v) is 13.2. The van der Waals surface area contributed by atoms with Crippen molar-refractivity contribution in [3.05, 3.63) is 4.77 Å². The Balaban J connectivity index is 3.08. The van der Waals surface area contributed by atoms with Crippen molar-refractivity contribution in [3.8, 4) is 0 Å². The van der Waals surface area contributed by atoms with E-state index in [1.807, 2.05) is 0 Å². The molecule has 0 saturated heterocycles. The van der Waals surface area contributed by atoms with Crippen LogP contribution in [0.5, 0.6) is 0 Å². The van der Waals surface area contributed by atoms with Gasteiger partial charge in [-0.15, -0.1) is 5.10 Å². The van der Waals surface area contributed by atoms with Crippen molar-refractivity contribution in [1.29, 1.82) is 0 Å². The van der Waals surface area contributed by atoms with Crippen molar-refractivity contribution in [2.45, 2.75) is 47.6 Å². The Morgan fingerprint density at radius 2 is 1.61 bits per heavy atom. The van der Waals surface area contributed by atoms with Crippen LogP contribution >= 0.6 is 12.2 Å². The third-order valence-electron chi connectivity index (χ3n) is 2.66. The fourth-order valence-electron chi connectivity index (χ4n) is 2.10. The third-order valence-corrected chi connectivity index (χ3v) is 2.94. The Morgan fingerprint density at radius 3 is 2.00 bits per heavy atom. The van der Waals surface area contributed by atoms with Gasteiger partial charge in [0.25, 0.3) is 0 Å². The van der Waals surface area contributed by atoms with Crippen molar-refractivity contribution >= 4 is 18.2 Å². The summed E-state index contributed by atoms with van der Waals surface area (Å²) in [6.45, 7) is 15.2. The zero-order valence-electron chi connectivity index (χ0n) is 12.4.